The van der Waals surface area contributed by atoms with Gasteiger partial charge in [-0.25, -0.2) is 14.3 Å². The summed E-state index contributed by atoms with van der Waals surface area (Å²) >= 11 is 0. The van der Waals surface area contributed by atoms with Crippen LogP contribution in [0.2, 0.25) is 0 Å². The summed E-state index contributed by atoms with van der Waals surface area (Å²) in [5.41, 5.74) is 1.10. The van der Waals surface area contributed by atoms with Crippen LogP contribution in [0.1, 0.15) is 71.6 Å². The van der Waals surface area contributed by atoms with Crippen LogP contribution in [0.3, 0.4) is 0 Å². The molecule has 0 atom stereocenters. The van der Waals surface area contributed by atoms with Gasteiger partial charge in [0.1, 0.15) is 13.3 Å². The number of aromatic amines is 1. The highest BCUT2D eigenvalue weighted by Crippen LogP contribution is 2.47. The average Bonchev–Trinajstić information content (AvgIpc) is 3.70. The molecule has 1 saturated carbocycles. The standard InChI is InChI=1S/C22H30N5O5P.C9H9F3N2/c1-21(2,3)31-33(32-22(4,5)6)30-13-26-12-15(19(28)25-20(26)29)16-11-17(14-7-8-14)27-18(24-16)9-10-23-27;10-9(11,12)6-14-8-4-2-1-3-7(8)5-13/h9-12,14H,7-8,13H2,1-6H3,(H,25,28,29);1-5,13-14H,6H2. The van der Waals surface area contributed by atoms with E-state index in [0.29, 0.717) is 28.5 Å². The third-order valence-electron chi connectivity index (χ3n) is 6.26. The maximum atomic E-state index is 12.7. The minimum absolute atomic E-state index is 0.148. The maximum absolute atomic E-state index is 12.7. The Morgan fingerprint density at radius 3 is 2.32 bits per heavy atom. The third kappa shape index (κ3) is 10.8. The lowest BCUT2D eigenvalue weighted by molar-refractivity contribution is -0.115. The minimum atomic E-state index is -4.24. The van der Waals surface area contributed by atoms with Gasteiger partial charge in [-0.2, -0.15) is 18.3 Å². The fourth-order valence-corrected chi connectivity index (χ4v) is 5.40. The van der Waals surface area contributed by atoms with Gasteiger partial charge in [-0.05, 0) is 66.5 Å². The number of halogens is 3. The number of nitrogens with one attached hydrogen (secondary N) is 3. The second kappa shape index (κ2) is 14.5. The summed E-state index contributed by atoms with van der Waals surface area (Å²) < 4.78 is 56.3. The number of H-pyrrole nitrogens is 1. The molecule has 1 fully saturated rings. The average molecular weight is 678 g/mol. The molecular formula is C31H39F3N7O5P. The lowest BCUT2D eigenvalue weighted by Crippen LogP contribution is -2.31. The molecule has 1 aliphatic carbocycles. The van der Waals surface area contributed by atoms with Gasteiger partial charge in [-0.3, -0.25) is 18.9 Å². The van der Waals surface area contributed by atoms with Gasteiger partial charge in [-0.15, -0.1) is 0 Å². The molecule has 0 aliphatic heterocycles. The summed E-state index contributed by atoms with van der Waals surface area (Å²) in [6.45, 7) is 10.2. The summed E-state index contributed by atoms with van der Waals surface area (Å²) in [7, 11) is -1.75. The summed E-state index contributed by atoms with van der Waals surface area (Å²) in [5.74, 6) is 0.398. The van der Waals surface area contributed by atoms with Crippen molar-refractivity contribution in [2.45, 2.75) is 84.4 Å². The molecule has 0 unspecified atom stereocenters. The Hall–Kier alpha value is -3.91. The Morgan fingerprint density at radius 1 is 1.06 bits per heavy atom. The van der Waals surface area contributed by atoms with E-state index in [1.165, 1.54) is 16.8 Å². The van der Waals surface area contributed by atoms with E-state index in [9.17, 15) is 22.8 Å². The third-order valence-corrected chi connectivity index (χ3v) is 7.98. The molecule has 0 saturated heterocycles. The van der Waals surface area contributed by atoms with Crippen LogP contribution in [-0.2, 0) is 20.3 Å². The largest absolute Gasteiger partial charge is 0.405 e. The first-order valence-electron chi connectivity index (χ1n) is 14.8. The fraction of sp³-hybridized carbons (Fsp3) is 0.452. The number of fused-ring (bicyclic) bond motifs is 1. The van der Waals surface area contributed by atoms with Crippen LogP contribution in [0.25, 0.3) is 16.9 Å². The quantitative estimate of drug-likeness (QED) is 0.125. The van der Waals surface area contributed by atoms with Crippen molar-refractivity contribution in [2.75, 3.05) is 11.9 Å². The molecule has 12 nitrogen and oxygen atoms in total. The van der Waals surface area contributed by atoms with Gasteiger partial charge in [-0.1, -0.05) is 18.2 Å². The van der Waals surface area contributed by atoms with Crippen LogP contribution < -0.4 is 16.6 Å². The number of para-hydroxylation sites is 1. The van der Waals surface area contributed by atoms with E-state index in [4.69, 9.17) is 19.0 Å². The Bertz CT molecular complexity index is 1790. The van der Waals surface area contributed by atoms with E-state index >= 15 is 0 Å². The van der Waals surface area contributed by atoms with Crippen molar-refractivity contribution in [3.8, 4) is 11.3 Å². The van der Waals surface area contributed by atoms with Crippen LogP contribution in [-0.4, -0.2) is 54.3 Å². The summed E-state index contributed by atoms with van der Waals surface area (Å²) in [6.07, 6.45) is 2.08. The second-order valence-electron chi connectivity index (χ2n) is 12.8. The topological polar surface area (TPSA) is 149 Å². The predicted molar refractivity (Wildman–Crippen MR) is 174 cm³/mol. The molecule has 0 amide bonds. The Kier molecular flexibility index (Phi) is 11.1. The zero-order chi connectivity index (χ0) is 34.6. The Labute approximate surface area is 270 Å². The van der Waals surface area contributed by atoms with Gasteiger partial charge in [0.05, 0.1) is 28.7 Å². The number of alkyl halides is 3. The molecule has 3 aromatic heterocycles. The molecule has 254 valence electrons. The number of aromatic nitrogens is 5. The lowest BCUT2D eigenvalue weighted by Gasteiger charge is -2.30. The fourth-order valence-electron chi connectivity index (χ4n) is 4.14. The monoisotopic (exact) mass is 677 g/mol. The lowest BCUT2D eigenvalue weighted by atomic mass is 10.1. The van der Waals surface area contributed by atoms with E-state index in [-0.39, 0.29) is 12.3 Å². The van der Waals surface area contributed by atoms with E-state index in [0.717, 1.165) is 24.8 Å². The molecule has 5 rings (SSSR count). The summed E-state index contributed by atoms with van der Waals surface area (Å²) in [5, 5.41) is 13.5. The molecule has 0 spiro atoms. The van der Waals surface area contributed by atoms with Crippen LogP contribution in [0.5, 0.6) is 0 Å². The highest BCUT2D eigenvalue weighted by molar-refractivity contribution is 7.41. The van der Waals surface area contributed by atoms with Crippen molar-refractivity contribution in [2.24, 2.45) is 0 Å². The van der Waals surface area contributed by atoms with Crippen molar-refractivity contribution in [1.82, 2.24) is 24.1 Å². The molecule has 1 aromatic carbocycles. The zero-order valence-corrected chi connectivity index (χ0v) is 27.9. The van der Waals surface area contributed by atoms with Crippen molar-refractivity contribution in [1.29, 1.82) is 5.41 Å². The van der Waals surface area contributed by atoms with Gasteiger partial charge < -0.3 is 19.8 Å². The number of anilines is 1. The number of nitrogens with zero attached hydrogens (tertiary/aromatic N) is 4. The SMILES string of the molecule is CC(C)(C)OP(OCn1cc(-c2cc(C3CC3)n3nccc3n2)c(=O)[nH]c1=O)OC(C)(C)C.N=Cc1ccccc1NCC(F)(F)F. The minimum Gasteiger partial charge on any atom is -0.376 e. The van der Waals surface area contributed by atoms with Gasteiger partial charge in [0, 0.05) is 41.3 Å². The normalized spacial score (nSPS) is 13.8. The molecule has 0 radical (unpaired) electrons. The molecule has 1 aliphatic rings. The number of hydrogen-bond acceptors (Lipinski definition) is 9. The molecule has 3 N–H and O–H groups in total. The smallest absolute Gasteiger partial charge is 0.376 e. The molecule has 0 bridgehead atoms. The van der Waals surface area contributed by atoms with Crippen LogP contribution in [0.15, 0.2) is 58.4 Å². The Morgan fingerprint density at radius 2 is 1.72 bits per heavy atom. The van der Waals surface area contributed by atoms with Crippen LogP contribution in [0.4, 0.5) is 18.9 Å². The first-order valence-corrected chi connectivity index (χ1v) is 15.9. The van der Waals surface area contributed by atoms with Crippen molar-refractivity contribution >= 4 is 26.2 Å². The summed E-state index contributed by atoms with van der Waals surface area (Å²) in [6, 6.07) is 10.0. The molecule has 47 heavy (non-hydrogen) atoms. The Balaban J connectivity index is 0.000000300. The van der Waals surface area contributed by atoms with Crippen LogP contribution in [0, 0.1) is 5.41 Å². The van der Waals surface area contributed by atoms with Gasteiger partial charge in [0.2, 0.25) is 0 Å². The first kappa shape index (κ1) is 35.9. The highest BCUT2D eigenvalue weighted by Gasteiger charge is 2.29. The molecular weight excluding hydrogens is 638 g/mol. The molecule has 16 heteroatoms. The zero-order valence-electron chi connectivity index (χ0n) is 27.0. The number of hydrogen-bond donors (Lipinski definition) is 3. The van der Waals surface area contributed by atoms with Gasteiger partial charge in [0.25, 0.3) is 5.56 Å². The molecule has 3 heterocycles. The highest BCUT2D eigenvalue weighted by atomic mass is 31.2. The second-order valence-corrected chi connectivity index (χ2v) is 13.9. The van der Waals surface area contributed by atoms with Gasteiger partial charge >= 0.3 is 20.5 Å². The predicted octanol–water partition coefficient (Wildman–Crippen LogP) is 6.61. The maximum Gasteiger partial charge on any atom is 0.405 e. The van der Waals surface area contributed by atoms with Crippen molar-refractivity contribution in [3.05, 3.63) is 80.9 Å². The van der Waals surface area contributed by atoms with E-state index in [2.05, 4.69) is 20.4 Å². The van der Waals surface area contributed by atoms with Gasteiger partial charge in [0.15, 0.2) is 5.65 Å². The van der Waals surface area contributed by atoms with E-state index in [1.54, 1.807) is 35.0 Å². The van der Waals surface area contributed by atoms with E-state index < -0.39 is 43.8 Å². The first-order chi connectivity index (χ1) is 21.9. The molecule has 4 aromatic rings. The van der Waals surface area contributed by atoms with Crippen molar-refractivity contribution < 1.29 is 26.7 Å². The number of rotatable bonds is 10. The van der Waals surface area contributed by atoms with E-state index in [1.807, 2.05) is 47.6 Å². The summed E-state index contributed by atoms with van der Waals surface area (Å²) in [4.78, 5) is 32.1. The van der Waals surface area contributed by atoms with Crippen molar-refractivity contribution in [3.63, 3.8) is 0 Å². The number of benzene rings is 1. The van der Waals surface area contributed by atoms with Crippen LogP contribution >= 0.6 is 8.60 Å².